The summed E-state index contributed by atoms with van der Waals surface area (Å²) < 4.78 is 0. The summed E-state index contributed by atoms with van der Waals surface area (Å²) in [5.41, 5.74) is 0. The monoisotopic (exact) mass is 221 g/mol. The van der Waals surface area contributed by atoms with Crippen LogP contribution >= 0.6 is 0 Å². The highest BCUT2D eigenvalue weighted by Crippen LogP contribution is 2.14. The first kappa shape index (κ1) is 11.3. The second-order valence-electron chi connectivity index (χ2n) is 3.88. The maximum atomic E-state index is 8.25. The summed E-state index contributed by atoms with van der Waals surface area (Å²) in [4.78, 5) is 0. The number of nitrogens with one attached hydrogen (secondary N) is 1. The van der Waals surface area contributed by atoms with E-state index in [-0.39, 0.29) is 7.43 Å². The van der Waals surface area contributed by atoms with Gasteiger partial charge in [0.25, 0.3) is 0 Å². The van der Waals surface area contributed by atoms with Crippen molar-refractivity contribution in [2.24, 2.45) is 0 Å². The minimum absolute atomic E-state index is 0. The SMILES string of the molecule is C.N=c1c2ccccc2ccc2ccccc12. The fraction of sp³-hybridized carbons (Fsp3) is 0.0625. The lowest BCUT2D eigenvalue weighted by molar-refractivity contribution is 1.34. The number of fused-ring (bicyclic) bond motifs is 2. The van der Waals surface area contributed by atoms with E-state index >= 15 is 0 Å². The number of hydrogen-bond acceptors (Lipinski definition) is 1. The largest absolute Gasteiger partial charge is 0.300 e. The Morgan fingerprint density at radius 1 is 0.588 bits per heavy atom. The van der Waals surface area contributed by atoms with Crippen molar-refractivity contribution in [3.05, 3.63) is 66.0 Å². The van der Waals surface area contributed by atoms with Crippen molar-refractivity contribution in [2.45, 2.75) is 7.43 Å². The van der Waals surface area contributed by atoms with Gasteiger partial charge in [-0.25, -0.2) is 0 Å². The summed E-state index contributed by atoms with van der Waals surface area (Å²) in [5, 5.41) is 13.1. The quantitative estimate of drug-likeness (QED) is 0.590. The van der Waals surface area contributed by atoms with Gasteiger partial charge >= 0.3 is 0 Å². The molecule has 0 saturated heterocycles. The van der Waals surface area contributed by atoms with Crippen LogP contribution in [0.1, 0.15) is 7.43 Å². The Hall–Kier alpha value is -2.15. The molecule has 84 valence electrons. The molecule has 0 bridgehead atoms. The maximum absolute atomic E-state index is 8.25. The molecule has 0 amide bonds. The van der Waals surface area contributed by atoms with Crippen molar-refractivity contribution < 1.29 is 0 Å². The van der Waals surface area contributed by atoms with E-state index in [9.17, 15) is 0 Å². The van der Waals surface area contributed by atoms with E-state index < -0.39 is 0 Å². The minimum Gasteiger partial charge on any atom is -0.300 e. The average Bonchev–Trinajstić information content (AvgIpc) is 2.49. The van der Waals surface area contributed by atoms with Crippen LogP contribution in [0.3, 0.4) is 0 Å². The lowest BCUT2D eigenvalue weighted by atomic mass is 10.1. The van der Waals surface area contributed by atoms with Gasteiger partial charge in [-0.05, 0) is 10.8 Å². The third-order valence-electron chi connectivity index (χ3n) is 2.90. The molecular weight excluding hydrogens is 206 g/mol. The van der Waals surface area contributed by atoms with E-state index in [0.717, 1.165) is 21.5 Å². The van der Waals surface area contributed by atoms with Gasteiger partial charge < -0.3 is 0 Å². The topological polar surface area (TPSA) is 23.9 Å². The predicted molar refractivity (Wildman–Crippen MR) is 74.0 cm³/mol. The third-order valence-corrected chi connectivity index (χ3v) is 2.90. The van der Waals surface area contributed by atoms with Gasteiger partial charge in [0.2, 0.25) is 0 Å². The Balaban J connectivity index is 0.00000108. The summed E-state index contributed by atoms with van der Waals surface area (Å²) >= 11 is 0. The molecule has 17 heavy (non-hydrogen) atoms. The molecule has 0 unspecified atom stereocenters. The molecule has 3 aromatic carbocycles. The Kier molecular flexibility index (Phi) is 2.92. The second kappa shape index (κ2) is 4.38. The molecule has 0 heterocycles. The van der Waals surface area contributed by atoms with Gasteiger partial charge in [0.15, 0.2) is 0 Å². The maximum Gasteiger partial charge on any atom is 0.0696 e. The Labute approximate surface area is 101 Å². The molecule has 0 aliphatic heterocycles. The molecule has 0 atom stereocenters. The zero-order valence-corrected chi connectivity index (χ0v) is 8.77. The third kappa shape index (κ3) is 1.80. The normalized spacial score (nSPS) is 10.1. The van der Waals surface area contributed by atoms with Crippen LogP contribution in [-0.4, -0.2) is 0 Å². The first-order chi connectivity index (χ1) is 7.86. The van der Waals surface area contributed by atoms with Crippen molar-refractivity contribution in [2.75, 3.05) is 0 Å². The van der Waals surface area contributed by atoms with Gasteiger partial charge in [-0.1, -0.05) is 68.1 Å². The molecule has 0 aliphatic rings. The number of benzene rings is 2. The van der Waals surface area contributed by atoms with E-state index in [1.54, 1.807) is 0 Å². The summed E-state index contributed by atoms with van der Waals surface area (Å²) in [5.74, 6) is 0. The van der Waals surface area contributed by atoms with Crippen molar-refractivity contribution in [3.63, 3.8) is 0 Å². The molecule has 3 aromatic rings. The van der Waals surface area contributed by atoms with Gasteiger partial charge in [0.05, 0.1) is 5.36 Å². The van der Waals surface area contributed by atoms with Crippen LogP contribution in [0, 0.1) is 5.41 Å². The van der Waals surface area contributed by atoms with Crippen molar-refractivity contribution in [1.29, 1.82) is 5.41 Å². The van der Waals surface area contributed by atoms with E-state index in [0.29, 0.717) is 5.36 Å². The van der Waals surface area contributed by atoms with Crippen LogP contribution in [0.2, 0.25) is 0 Å². The highest BCUT2D eigenvalue weighted by molar-refractivity contribution is 5.92. The first-order valence-corrected chi connectivity index (χ1v) is 5.32. The molecule has 0 aromatic heterocycles. The van der Waals surface area contributed by atoms with Gasteiger partial charge in [-0.3, -0.25) is 5.41 Å². The lowest BCUT2D eigenvalue weighted by Gasteiger charge is -1.92. The van der Waals surface area contributed by atoms with Crippen LogP contribution in [0.5, 0.6) is 0 Å². The standard InChI is InChI=1S/C15H11N.CH4/c16-15-13-7-3-1-5-11(13)9-10-12-6-2-4-8-14(12)15;/h1-10,16H;1H4. The fourth-order valence-corrected chi connectivity index (χ4v) is 2.06. The highest BCUT2D eigenvalue weighted by atomic mass is 14.3. The lowest BCUT2D eigenvalue weighted by Crippen LogP contribution is -1.97. The van der Waals surface area contributed by atoms with Crippen LogP contribution < -0.4 is 5.36 Å². The van der Waals surface area contributed by atoms with Crippen molar-refractivity contribution in [1.82, 2.24) is 0 Å². The van der Waals surface area contributed by atoms with Gasteiger partial charge in [-0.2, -0.15) is 0 Å². The Bertz CT molecular complexity index is 668. The molecule has 1 heteroatoms. The molecule has 1 N–H and O–H groups in total. The predicted octanol–water partition coefficient (Wildman–Crippen LogP) is 4.11. The van der Waals surface area contributed by atoms with Crippen LogP contribution in [0.4, 0.5) is 0 Å². The number of rotatable bonds is 0. The van der Waals surface area contributed by atoms with Gasteiger partial charge in [0, 0.05) is 10.8 Å². The Morgan fingerprint density at radius 2 is 1.00 bits per heavy atom. The molecular formula is C16H15N. The smallest absolute Gasteiger partial charge is 0.0696 e. The van der Waals surface area contributed by atoms with Crippen molar-refractivity contribution >= 4 is 21.5 Å². The van der Waals surface area contributed by atoms with Crippen LogP contribution in [-0.2, 0) is 0 Å². The molecule has 0 radical (unpaired) electrons. The highest BCUT2D eigenvalue weighted by Gasteiger charge is 1.97. The van der Waals surface area contributed by atoms with E-state index in [1.807, 2.05) is 48.5 Å². The summed E-state index contributed by atoms with van der Waals surface area (Å²) in [6, 6.07) is 20.2. The van der Waals surface area contributed by atoms with Gasteiger partial charge in [-0.15, -0.1) is 0 Å². The Morgan fingerprint density at radius 3 is 1.47 bits per heavy atom. The first-order valence-electron chi connectivity index (χ1n) is 5.32. The average molecular weight is 221 g/mol. The number of hydrogen-bond donors (Lipinski definition) is 1. The summed E-state index contributed by atoms with van der Waals surface area (Å²) in [7, 11) is 0. The molecule has 0 aliphatic carbocycles. The molecule has 0 saturated carbocycles. The zero-order valence-electron chi connectivity index (χ0n) is 8.77. The fourth-order valence-electron chi connectivity index (χ4n) is 2.06. The van der Waals surface area contributed by atoms with Gasteiger partial charge in [0.1, 0.15) is 0 Å². The summed E-state index contributed by atoms with van der Waals surface area (Å²) in [6.45, 7) is 0. The van der Waals surface area contributed by atoms with Crippen LogP contribution in [0.15, 0.2) is 60.7 Å². The van der Waals surface area contributed by atoms with E-state index in [1.165, 1.54) is 0 Å². The molecule has 1 nitrogen and oxygen atoms in total. The molecule has 0 fully saturated rings. The zero-order chi connectivity index (χ0) is 11.0. The van der Waals surface area contributed by atoms with E-state index in [2.05, 4.69) is 12.1 Å². The van der Waals surface area contributed by atoms with Crippen molar-refractivity contribution in [3.8, 4) is 0 Å². The van der Waals surface area contributed by atoms with E-state index in [4.69, 9.17) is 5.41 Å². The van der Waals surface area contributed by atoms with Crippen LogP contribution in [0.25, 0.3) is 21.5 Å². The second-order valence-corrected chi connectivity index (χ2v) is 3.88. The molecule has 0 spiro atoms. The summed E-state index contributed by atoms with van der Waals surface area (Å²) in [6.07, 6.45) is 0. The minimum atomic E-state index is 0. The molecule has 3 rings (SSSR count).